The molecule has 0 aliphatic heterocycles. The molecule has 0 spiro atoms. The van der Waals surface area contributed by atoms with Crippen molar-refractivity contribution in [3.63, 3.8) is 0 Å². The van der Waals surface area contributed by atoms with Crippen molar-refractivity contribution in [3.8, 4) is 0 Å². The molecule has 0 saturated carbocycles. The van der Waals surface area contributed by atoms with Gasteiger partial charge in [-0.25, -0.2) is 0 Å². The van der Waals surface area contributed by atoms with Crippen LogP contribution in [0.25, 0.3) is 0 Å². The lowest BCUT2D eigenvalue weighted by Crippen LogP contribution is -1.81. The Labute approximate surface area is 63.8 Å². The summed E-state index contributed by atoms with van der Waals surface area (Å²) in [6, 6.07) is 0. The molecule has 0 bridgehead atoms. The first-order valence-electron chi connectivity index (χ1n) is 4.19. The number of allylic oxidation sites excluding steroid dienone is 2. The van der Waals surface area contributed by atoms with Crippen LogP contribution in [0.1, 0.15) is 46.0 Å². The van der Waals surface area contributed by atoms with Crippen LogP contribution in [0.3, 0.4) is 0 Å². The fourth-order valence-corrected chi connectivity index (χ4v) is 0.894. The smallest absolute Gasteiger partial charge is 0.0882 e. The predicted octanol–water partition coefficient (Wildman–Crippen LogP) is 3.42. The highest BCUT2D eigenvalue weighted by Gasteiger charge is 1.90. The van der Waals surface area contributed by atoms with Gasteiger partial charge in [-0.15, -0.1) is 0 Å². The Morgan fingerprint density at radius 1 is 1.30 bits per heavy atom. The van der Waals surface area contributed by atoms with Gasteiger partial charge in [0.05, 0.1) is 5.76 Å². The van der Waals surface area contributed by atoms with Crippen molar-refractivity contribution in [2.75, 3.05) is 0 Å². The predicted molar refractivity (Wildman–Crippen MR) is 45.1 cm³/mol. The maximum absolute atomic E-state index is 9.14. The van der Waals surface area contributed by atoms with Gasteiger partial charge in [0, 0.05) is 6.42 Å². The van der Waals surface area contributed by atoms with E-state index in [9.17, 15) is 0 Å². The van der Waals surface area contributed by atoms with Gasteiger partial charge in [0.15, 0.2) is 0 Å². The molecule has 10 heavy (non-hydrogen) atoms. The first-order chi connectivity index (χ1) is 4.81. The Morgan fingerprint density at radius 3 is 2.50 bits per heavy atom. The SMILES string of the molecule is CCC=C(O)CCCCC. The molecule has 0 radical (unpaired) electrons. The van der Waals surface area contributed by atoms with E-state index >= 15 is 0 Å². The topological polar surface area (TPSA) is 20.2 Å². The fraction of sp³-hybridized carbons (Fsp3) is 0.778. The lowest BCUT2D eigenvalue weighted by molar-refractivity contribution is 0.379. The molecule has 0 rings (SSSR count). The molecule has 0 aliphatic rings. The summed E-state index contributed by atoms with van der Waals surface area (Å²) >= 11 is 0. The van der Waals surface area contributed by atoms with Gasteiger partial charge in [-0.2, -0.15) is 0 Å². The average Bonchev–Trinajstić information content (AvgIpc) is 1.89. The van der Waals surface area contributed by atoms with Crippen LogP contribution in [-0.2, 0) is 0 Å². The highest BCUT2D eigenvalue weighted by Crippen LogP contribution is 2.06. The fourth-order valence-electron chi connectivity index (χ4n) is 0.894. The zero-order valence-corrected chi connectivity index (χ0v) is 7.06. The second-order valence-corrected chi connectivity index (χ2v) is 2.56. The lowest BCUT2D eigenvalue weighted by Gasteiger charge is -1.97. The number of hydrogen-bond donors (Lipinski definition) is 1. The van der Waals surface area contributed by atoms with E-state index in [0.717, 1.165) is 19.3 Å². The van der Waals surface area contributed by atoms with Gasteiger partial charge in [0.25, 0.3) is 0 Å². The molecule has 1 N–H and O–H groups in total. The van der Waals surface area contributed by atoms with Gasteiger partial charge in [-0.3, -0.25) is 0 Å². The number of rotatable bonds is 5. The van der Waals surface area contributed by atoms with E-state index in [-0.39, 0.29) is 0 Å². The zero-order chi connectivity index (χ0) is 7.82. The third-order valence-electron chi connectivity index (χ3n) is 1.48. The van der Waals surface area contributed by atoms with Gasteiger partial charge >= 0.3 is 0 Å². The highest BCUT2D eigenvalue weighted by atomic mass is 16.3. The van der Waals surface area contributed by atoms with E-state index in [1.807, 2.05) is 13.0 Å². The molecular weight excluding hydrogens is 124 g/mol. The number of aliphatic hydroxyl groups is 1. The molecule has 0 unspecified atom stereocenters. The summed E-state index contributed by atoms with van der Waals surface area (Å²) in [5, 5.41) is 9.14. The molecule has 0 amide bonds. The van der Waals surface area contributed by atoms with Crippen molar-refractivity contribution in [3.05, 3.63) is 11.8 Å². The standard InChI is InChI=1S/C9H18O/c1-3-5-6-8-9(10)7-4-2/h7,10H,3-6,8H2,1-2H3. The van der Waals surface area contributed by atoms with E-state index in [1.165, 1.54) is 12.8 Å². The third kappa shape index (κ3) is 5.67. The molecule has 0 aromatic heterocycles. The summed E-state index contributed by atoms with van der Waals surface area (Å²) in [7, 11) is 0. The molecule has 1 nitrogen and oxygen atoms in total. The van der Waals surface area contributed by atoms with Crippen LogP contribution in [-0.4, -0.2) is 5.11 Å². The molecule has 0 aliphatic carbocycles. The van der Waals surface area contributed by atoms with E-state index in [0.29, 0.717) is 5.76 Å². The second kappa shape index (κ2) is 6.66. The van der Waals surface area contributed by atoms with Crippen LogP contribution in [0.4, 0.5) is 0 Å². The second-order valence-electron chi connectivity index (χ2n) is 2.56. The van der Waals surface area contributed by atoms with Crippen molar-refractivity contribution in [1.82, 2.24) is 0 Å². The minimum atomic E-state index is 0.566. The highest BCUT2D eigenvalue weighted by molar-refractivity contribution is 4.89. The first kappa shape index (κ1) is 9.54. The van der Waals surface area contributed by atoms with Gasteiger partial charge in [0.1, 0.15) is 0 Å². The Balaban J connectivity index is 3.21. The normalized spacial score (nSPS) is 12.0. The summed E-state index contributed by atoms with van der Waals surface area (Å²) in [4.78, 5) is 0. The average molecular weight is 142 g/mol. The van der Waals surface area contributed by atoms with E-state index in [2.05, 4.69) is 6.92 Å². The monoisotopic (exact) mass is 142 g/mol. The first-order valence-corrected chi connectivity index (χ1v) is 4.19. The van der Waals surface area contributed by atoms with Crippen LogP contribution in [0, 0.1) is 0 Å². The number of unbranched alkanes of at least 4 members (excludes halogenated alkanes) is 2. The third-order valence-corrected chi connectivity index (χ3v) is 1.48. The quantitative estimate of drug-likeness (QED) is 0.460. The van der Waals surface area contributed by atoms with E-state index < -0.39 is 0 Å². The van der Waals surface area contributed by atoms with Crippen LogP contribution in [0.15, 0.2) is 11.8 Å². The van der Waals surface area contributed by atoms with Crippen LogP contribution < -0.4 is 0 Å². The Hall–Kier alpha value is -0.460. The molecule has 60 valence electrons. The molecule has 0 aromatic carbocycles. The minimum absolute atomic E-state index is 0.566. The Morgan fingerprint density at radius 2 is 2.00 bits per heavy atom. The minimum Gasteiger partial charge on any atom is -0.513 e. The van der Waals surface area contributed by atoms with E-state index in [1.54, 1.807) is 0 Å². The molecule has 0 aromatic rings. The largest absolute Gasteiger partial charge is 0.513 e. The van der Waals surface area contributed by atoms with Crippen LogP contribution in [0.2, 0.25) is 0 Å². The van der Waals surface area contributed by atoms with Gasteiger partial charge in [-0.1, -0.05) is 26.7 Å². The van der Waals surface area contributed by atoms with Crippen molar-refractivity contribution < 1.29 is 5.11 Å². The van der Waals surface area contributed by atoms with Crippen molar-refractivity contribution >= 4 is 0 Å². The summed E-state index contributed by atoms with van der Waals surface area (Å²) in [5.74, 6) is 0.566. The number of aliphatic hydroxyl groups excluding tert-OH is 1. The maximum atomic E-state index is 9.14. The van der Waals surface area contributed by atoms with Crippen LogP contribution in [0.5, 0.6) is 0 Å². The summed E-state index contributed by atoms with van der Waals surface area (Å²) in [6.45, 7) is 4.20. The van der Waals surface area contributed by atoms with Crippen molar-refractivity contribution in [1.29, 1.82) is 0 Å². The van der Waals surface area contributed by atoms with Crippen molar-refractivity contribution in [2.24, 2.45) is 0 Å². The van der Waals surface area contributed by atoms with Gasteiger partial charge in [0.2, 0.25) is 0 Å². The molecule has 0 fully saturated rings. The Kier molecular flexibility index (Phi) is 6.35. The molecule has 0 saturated heterocycles. The molecule has 0 atom stereocenters. The zero-order valence-electron chi connectivity index (χ0n) is 7.06. The lowest BCUT2D eigenvalue weighted by atomic mass is 10.2. The Bertz CT molecular complexity index is 94.9. The molecular formula is C9H18O. The number of hydrogen-bond acceptors (Lipinski definition) is 1. The van der Waals surface area contributed by atoms with Gasteiger partial charge < -0.3 is 5.11 Å². The van der Waals surface area contributed by atoms with Gasteiger partial charge in [-0.05, 0) is 18.9 Å². The maximum Gasteiger partial charge on any atom is 0.0882 e. The van der Waals surface area contributed by atoms with E-state index in [4.69, 9.17) is 5.11 Å². The summed E-state index contributed by atoms with van der Waals surface area (Å²) in [5.41, 5.74) is 0. The van der Waals surface area contributed by atoms with Crippen LogP contribution >= 0.6 is 0 Å². The molecule has 1 heteroatoms. The summed E-state index contributed by atoms with van der Waals surface area (Å²) in [6.07, 6.45) is 7.26. The van der Waals surface area contributed by atoms with Crippen molar-refractivity contribution in [2.45, 2.75) is 46.0 Å². The summed E-state index contributed by atoms with van der Waals surface area (Å²) < 4.78 is 0. The molecule has 0 heterocycles.